The Balaban J connectivity index is 2.05. The zero-order valence-corrected chi connectivity index (χ0v) is 12.4. The molecule has 2 unspecified atom stereocenters. The van der Waals surface area contributed by atoms with E-state index in [4.69, 9.17) is 4.42 Å². The fourth-order valence-electron chi connectivity index (χ4n) is 3.03. The van der Waals surface area contributed by atoms with Gasteiger partial charge in [-0.3, -0.25) is 4.79 Å². The van der Waals surface area contributed by atoms with Gasteiger partial charge in [-0.25, -0.2) is 0 Å². The van der Waals surface area contributed by atoms with Crippen LogP contribution in [0.2, 0.25) is 0 Å². The van der Waals surface area contributed by atoms with Gasteiger partial charge in [-0.05, 0) is 30.9 Å². The number of rotatable bonds is 5. The molecule has 0 spiro atoms. The Morgan fingerprint density at radius 3 is 2.70 bits per heavy atom. The largest absolute Gasteiger partial charge is 0.456 e. The summed E-state index contributed by atoms with van der Waals surface area (Å²) in [5, 5.41) is 12.4. The van der Waals surface area contributed by atoms with Gasteiger partial charge in [-0.2, -0.15) is 0 Å². The SMILES string of the molecule is CCc1cc(C(=O)NC2CCCCC2CO)oc1CC. The van der Waals surface area contributed by atoms with Gasteiger partial charge in [0, 0.05) is 25.0 Å². The van der Waals surface area contributed by atoms with Crippen molar-refractivity contribution in [3.05, 3.63) is 23.2 Å². The van der Waals surface area contributed by atoms with Gasteiger partial charge in [0.1, 0.15) is 5.76 Å². The highest BCUT2D eigenvalue weighted by molar-refractivity contribution is 5.92. The van der Waals surface area contributed by atoms with Gasteiger partial charge in [0.2, 0.25) is 0 Å². The number of hydrogen-bond acceptors (Lipinski definition) is 3. The highest BCUT2D eigenvalue weighted by atomic mass is 16.4. The number of aliphatic hydroxyl groups excluding tert-OH is 1. The standard InChI is InChI=1S/C16H25NO3/c1-3-11-9-15(20-14(11)4-2)16(19)17-13-8-6-5-7-12(13)10-18/h9,12-13,18H,3-8,10H2,1-2H3,(H,17,19). The van der Waals surface area contributed by atoms with Crippen molar-refractivity contribution in [1.29, 1.82) is 0 Å². The van der Waals surface area contributed by atoms with Crippen LogP contribution in [-0.2, 0) is 12.8 Å². The maximum absolute atomic E-state index is 12.3. The minimum atomic E-state index is -0.148. The van der Waals surface area contributed by atoms with Crippen LogP contribution in [0, 0.1) is 5.92 Å². The van der Waals surface area contributed by atoms with Gasteiger partial charge in [0.15, 0.2) is 5.76 Å². The number of hydrogen-bond donors (Lipinski definition) is 2. The van der Waals surface area contributed by atoms with E-state index < -0.39 is 0 Å². The molecule has 2 N–H and O–H groups in total. The second kappa shape index (κ2) is 6.93. The molecule has 0 aliphatic heterocycles. The Kier molecular flexibility index (Phi) is 5.24. The van der Waals surface area contributed by atoms with Crippen LogP contribution < -0.4 is 5.32 Å². The summed E-state index contributed by atoms with van der Waals surface area (Å²) in [4.78, 5) is 12.3. The maximum Gasteiger partial charge on any atom is 0.287 e. The molecule has 1 fully saturated rings. The lowest BCUT2D eigenvalue weighted by molar-refractivity contribution is 0.0843. The summed E-state index contributed by atoms with van der Waals surface area (Å²) in [6.45, 7) is 4.24. The van der Waals surface area contributed by atoms with Crippen LogP contribution in [0.5, 0.6) is 0 Å². The molecule has 1 saturated carbocycles. The van der Waals surface area contributed by atoms with Crippen molar-refractivity contribution in [2.45, 2.75) is 58.4 Å². The molecule has 20 heavy (non-hydrogen) atoms. The normalized spacial score (nSPS) is 22.8. The molecule has 4 heteroatoms. The summed E-state index contributed by atoms with van der Waals surface area (Å²) < 4.78 is 5.65. The molecule has 0 aromatic carbocycles. The Bertz CT molecular complexity index is 431. The number of aryl methyl sites for hydroxylation is 2. The molecule has 2 atom stereocenters. The summed E-state index contributed by atoms with van der Waals surface area (Å²) in [6.07, 6.45) is 5.86. The van der Waals surface area contributed by atoms with Gasteiger partial charge in [0.05, 0.1) is 0 Å². The van der Waals surface area contributed by atoms with Crippen LogP contribution in [-0.4, -0.2) is 23.7 Å². The highest BCUT2D eigenvalue weighted by Crippen LogP contribution is 2.25. The molecule has 2 rings (SSSR count). The molecular weight excluding hydrogens is 254 g/mol. The average Bonchev–Trinajstić information content (AvgIpc) is 2.91. The van der Waals surface area contributed by atoms with Crippen molar-refractivity contribution >= 4 is 5.91 Å². The zero-order valence-electron chi connectivity index (χ0n) is 12.4. The summed E-state index contributed by atoms with van der Waals surface area (Å²) in [5.41, 5.74) is 1.11. The van der Waals surface area contributed by atoms with Gasteiger partial charge in [-0.1, -0.05) is 26.7 Å². The first-order valence-corrected chi connectivity index (χ1v) is 7.72. The minimum Gasteiger partial charge on any atom is -0.456 e. The van der Waals surface area contributed by atoms with Crippen LogP contribution in [0.3, 0.4) is 0 Å². The number of furan rings is 1. The summed E-state index contributed by atoms with van der Waals surface area (Å²) in [6, 6.07) is 1.92. The van der Waals surface area contributed by atoms with Crippen molar-refractivity contribution in [3.63, 3.8) is 0 Å². The van der Waals surface area contributed by atoms with Crippen molar-refractivity contribution in [2.24, 2.45) is 5.92 Å². The second-order valence-corrected chi connectivity index (χ2v) is 5.57. The fraction of sp³-hybridized carbons (Fsp3) is 0.688. The number of aliphatic hydroxyl groups is 1. The van der Waals surface area contributed by atoms with E-state index in [0.717, 1.165) is 49.8 Å². The molecule has 1 aromatic heterocycles. The van der Waals surface area contributed by atoms with Crippen molar-refractivity contribution in [2.75, 3.05) is 6.61 Å². The predicted octanol–water partition coefficient (Wildman–Crippen LogP) is 2.69. The highest BCUT2D eigenvalue weighted by Gasteiger charge is 2.27. The average molecular weight is 279 g/mol. The van der Waals surface area contributed by atoms with E-state index >= 15 is 0 Å². The van der Waals surface area contributed by atoms with Crippen LogP contribution in [0.4, 0.5) is 0 Å². The molecule has 1 aliphatic rings. The van der Waals surface area contributed by atoms with Crippen LogP contribution in [0.15, 0.2) is 10.5 Å². The Morgan fingerprint density at radius 2 is 2.10 bits per heavy atom. The number of carbonyl (C=O) groups is 1. The van der Waals surface area contributed by atoms with Gasteiger partial charge >= 0.3 is 0 Å². The Labute approximate surface area is 120 Å². The molecule has 1 amide bonds. The van der Waals surface area contributed by atoms with E-state index in [2.05, 4.69) is 12.2 Å². The number of carbonyl (C=O) groups excluding carboxylic acids is 1. The van der Waals surface area contributed by atoms with E-state index in [0.29, 0.717) is 5.76 Å². The Morgan fingerprint density at radius 1 is 1.35 bits per heavy atom. The number of nitrogens with one attached hydrogen (secondary N) is 1. The quantitative estimate of drug-likeness (QED) is 0.871. The monoisotopic (exact) mass is 279 g/mol. The molecule has 1 aromatic rings. The zero-order chi connectivity index (χ0) is 14.5. The molecule has 112 valence electrons. The first-order valence-electron chi connectivity index (χ1n) is 7.72. The molecule has 0 saturated heterocycles. The fourth-order valence-corrected chi connectivity index (χ4v) is 3.03. The minimum absolute atomic E-state index is 0.0708. The molecule has 1 aliphatic carbocycles. The van der Waals surface area contributed by atoms with E-state index in [9.17, 15) is 9.90 Å². The lowest BCUT2D eigenvalue weighted by Crippen LogP contribution is -2.43. The van der Waals surface area contributed by atoms with Crippen molar-refractivity contribution in [3.8, 4) is 0 Å². The Hall–Kier alpha value is -1.29. The summed E-state index contributed by atoms with van der Waals surface area (Å²) >= 11 is 0. The van der Waals surface area contributed by atoms with E-state index in [1.807, 2.05) is 13.0 Å². The molecule has 1 heterocycles. The van der Waals surface area contributed by atoms with Gasteiger partial charge in [0.25, 0.3) is 5.91 Å². The predicted molar refractivity (Wildman–Crippen MR) is 77.8 cm³/mol. The topological polar surface area (TPSA) is 62.5 Å². The third-order valence-corrected chi connectivity index (χ3v) is 4.28. The summed E-state index contributed by atoms with van der Waals surface area (Å²) in [5.74, 6) is 1.34. The first-order chi connectivity index (χ1) is 9.69. The van der Waals surface area contributed by atoms with E-state index in [1.54, 1.807) is 0 Å². The summed E-state index contributed by atoms with van der Waals surface area (Å²) in [7, 11) is 0. The molecule has 0 radical (unpaired) electrons. The van der Waals surface area contributed by atoms with Crippen LogP contribution >= 0.6 is 0 Å². The lowest BCUT2D eigenvalue weighted by atomic mass is 9.85. The smallest absolute Gasteiger partial charge is 0.287 e. The van der Waals surface area contributed by atoms with Crippen molar-refractivity contribution < 1.29 is 14.3 Å². The van der Waals surface area contributed by atoms with Crippen LogP contribution in [0.1, 0.15) is 61.4 Å². The van der Waals surface area contributed by atoms with E-state index in [1.165, 1.54) is 0 Å². The van der Waals surface area contributed by atoms with Crippen LogP contribution in [0.25, 0.3) is 0 Å². The van der Waals surface area contributed by atoms with Gasteiger partial charge in [-0.15, -0.1) is 0 Å². The van der Waals surface area contributed by atoms with Crippen molar-refractivity contribution in [1.82, 2.24) is 5.32 Å². The lowest BCUT2D eigenvalue weighted by Gasteiger charge is -2.30. The second-order valence-electron chi connectivity index (χ2n) is 5.57. The van der Waals surface area contributed by atoms with E-state index in [-0.39, 0.29) is 24.5 Å². The van der Waals surface area contributed by atoms with Gasteiger partial charge < -0.3 is 14.8 Å². The first kappa shape index (κ1) is 15.1. The third kappa shape index (κ3) is 3.23. The number of amides is 1. The third-order valence-electron chi connectivity index (χ3n) is 4.28. The maximum atomic E-state index is 12.3. The molecule has 0 bridgehead atoms. The molecular formula is C16H25NO3. The molecule has 4 nitrogen and oxygen atoms in total.